The summed E-state index contributed by atoms with van der Waals surface area (Å²) in [6, 6.07) is 0. The largest absolute Gasteiger partial charge is 0.299 e. The van der Waals surface area contributed by atoms with Gasteiger partial charge in [-0.2, -0.15) is 0 Å². The molecule has 2 nitrogen and oxygen atoms in total. The van der Waals surface area contributed by atoms with E-state index in [2.05, 4.69) is 27.0 Å². The first kappa shape index (κ1) is 15.4. The Balaban J connectivity index is 1.73. The van der Waals surface area contributed by atoms with Crippen LogP contribution in [0.2, 0.25) is 0 Å². The normalized spacial score (nSPS) is 49.7. The number of carbonyl (C=O) groups is 2. The zero-order chi connectivity index (χ0) is 16.6. The van der Waals surface area contributed by atoms with Gasteiger partial charge in [-0.3, -0.25) is 9.59 Å². The van der Waals surface area contributed by atoms with Crippen molar-refractivity contribution in [1.82, 2.24) is 0 Å². The standard InChI is InChI=1S/C21H28O2/c1-12-13(2)21(4)14(11-18(12)22)5-6-15-16-7-8-19(23)20(16,3)10-9-17(15)21/h14-17H,1-2,5-11H2,3-4H3/t14?,15-,16-,17+,20-,21-/m0/s1. The molecule has 0 spiro atoms. The van der Waals surface area contributed by atoms with Crippen LogP contribution in [-0.4, -0.2) is 11.6 Å². The highest BCUT2D eigenvalue weighted by Gasteiger charge is 2.61. The number of ketones is 2. The van der Waals surface area contributed by atoms with E-state index < -0.39 is 0 Å². The van der Waals surface area contributed by atoms with Gasteiger partial charge in [-0.15, -0.1) is 0 Å². The molecule has 4 rings (SSSR count). The van der Waals surface area contributed by atoms with Gasteiger partial charge in [0.25, 0.3) is 0 Å². The number of Topliss-reactive ketones (excluding diaryl/α,β-unsaturated/α-hetero) is 2. The van der Waals surface area contributed by atoms with Gasteiger partial charge in [-0.05, 0) is 66.8 Å². The highest BCUT2D eigenvalue weighted by Crippen LogP contribution is 2.66. The molecule has 0 saturated heterocycles. The van der Waals surface area contributed by atoms with Gasteiger partial charge in [-0.25, -0.2) is 0 Å². The Bertz CT molecular complexity index is 630. The summed E-state index contributed by atoms with van der Waals surface area (Å²) in [4.78, 5) is 24.7. The molecule has 0 bridgehead atoms. The maximum absolute atomic E-state index is 12.5. The minimum absolute atomic E-state index is 0.0148. The average molecular weight is 312 g/mol. The highest BCUT2D eigenvalue weighted by atomic mass is 16.1. The lowest BCUT2D eigenvalue weighted by atomic mass is 9.44. The molecule has 4 saturated carbocycles. The zero-order valence-electron chi connectivity index (χ0n) is 14.5. The van der Waals surface area contributed by atoms with E-state index in [1.54, 1.807) is 0 Å². The van der Waals surface area contributed by atoms with Crippen LogP contribution in [0, 0.1) is 34.5 Å². The molecule has 0 amide bonds. The molecular weight excluding hydrogens is 284 g/mol. The summed E-state index contributed by atoms with van der Waals surface area (Å²) in [5, 5.41) is 0. The summed E-state index contributed by atoms with van der Waals surface area (Å²) in [6.07, 6.45) is 6.92. The van der Waals surface area contributed by atoms with Crippen LogP contribution in [0.3, 0.4) is 0 Å². The Morgan fingerprint density at radius 3 is 2.48 bits per heavy atom. The van der Waals surface area contributed by atoms with E-state index in [9.17, 15) is 9.59 Å². The molecule has 0 N–H and O–H groups in total. The van der Waals surface area contributed by atoms with Crippen molar-refractivity contribution in [1.29, 1.82) is 0 Å². The van der Waals surface area contributed by atoms with Crippen LogP contribution in [-0.2, 0) is 9.59 Å². The topological polar surface area (TPSA) is 34.1 Å². The molecule has 2 heteroatoms. The zero-order valence-corrected chi connectivity index (χ0v) is 14.5. The number of carbonyl (C=O) groups excluding carboxylic acids is 2. The maximum Gasteiger partial charge on any atom is 0.162 e. The summed E-state index contributed by atoms with van der Waals surface area (Å²) < 4.78 is 0. The van der Waals surface area contributed by atoms with E-state index in [1.165, 1.54) is 6.42 Å². The number of hydrogen-bond donors (Lipinski definition) is 0. The van der Waals surface area contributed by atoms with Gasteiger partial charge in [0.15, 0.2) is 5.78 Å². The van der Waals surface area contributed by atoms with Crippen molar-refractivity contribution in [3.63, 3.8) is 0 Å². The number of hydrogen-bond acceptors (Lipinski definition) is 2. The van der Waals surface area contributed by atoms with Crippen LogP contribution in [0.25, 0.3) is 0 Å². The molecule has 4 fully saturated rings. The first-order valence-corrected chi connectivity index (χ1v) is 9.25. The molecule has 23 heavy (non-hydrogen) atoms. The fourth-order valence-corrected chi connectivity index (χ4v) is 6.83. The number of rotatable bonds is 0. The highest BCUT2D eigenvalue weighted by molar-refractivity contribution is 6.00. The van der Waals surface area contributed by atoms with Gasteiger partial charge in [0.05, 0.1) is 0 Å². The van der Waals surface area contributed by atoms with Crippen LogP contribution in [0.4, 0.5) is 0 Å². The minimum atomic E-state index is -0.0762. The van der Waals surface area contributed by atoms with Gasteiger partial charge in [-0.1, -0.05) is 27.0 Å². The fraction of sp³-hybridized carbons (Fsp3) is 0.714. The third-order valence-electron chi connectivity index (χ3n) is 8.40. The van der Waals surface area contributed by atoms with Crippen LogP contribution < -0.4 is 0 Å². The predicted octanol–water partition coefficient (Wildman–Crippen LogP) is 4.50. The number of fused-ring (bicyclic) bond motifs is 5. The van der Waals surface area contributed by atoms with E-state index in [0.29, 0.717) is 41.4 Å². The van der Waals surface area contributed by atoms with Gasteiger partial charge in [0, 0.05) is 23.8 Å². The van der Waals surface area contributed by atoms with Gasteiger partial charge < -0.3 is 0 Å². The first-order valence-electron chi connectivity index (χ1n) is 9.25. The van der Waals surface area contributed by atoms with Crippen molar-refractivity contribution in [3.05, 3.63) is 24.3 Å². The Labute approximate surface area is 139 Å². The van der Waals surface area contributed by atoms with E-state index >= 15 is 0 Å². The molecule has 0 aliphatic heterocycles. The van der Waals surface area contributed by atoms with Crippen molar-refractivity contribution in [3.8, 4) is 0 Å². The van der Waals surface area contributed by atoms with E-state index in [4.69, 9.17) is 0 Å². The molecular formula is C21H28O2. The summed E-state index contributed by atoms with van der Waals surface area (Å²) in [7, 11) is 0. The molecule has 6 atom stereocenters. The molecule has 0 radical (unpaired) electrons. The van der Waals surface area contributed by atoms with Crippen LogP contribution >= 0.6 is 0 Å². The van der Waals surface area contributed by atoms with Crippen molar-refractivity contribution < 1.29 is 9.59 Å². The van der Waals surface area contributed by atoms with Gasteiger partial charge in [0.1, 0.15) is 5.78 Å². The summed E-state index contributed by atoms with van der Waals surface area (Å²) in [5.41, 5.74) is 1.61. The first-order chi connectivity index (χ1) is 10.8. The molecule has 0 aromatic heterocycles. The lowest BCUT2D eigenvalue weighted by Gasteiger charge is -2.60. The van der Waals surface area contributed by atoms with Crippen molar-refractivity contribution in [2.45, 2.75) is 58.8 Å². The molecule has 124 valence electrons. The minimum Gasteiger partial charge on any atom is -0.299 e. The average Bonchev–Trinajstić information content (AvgIpc) is 2.83. The van der Waals surface area contributed by atoms with Crippen molar-refractivity contribution >= 4 is 11.6 Å². The van der Waals surface area contributed by atoms with E-state index in [1.807, 2.05) is 0 Å². The predicted molar refractivity (Wildman–Crippen MR) is 90.8 cm³/mol. The Morgan fingerprint density at radius 2 is 1.74 bits per heavy atom. The molecule has 4 aliphatic rings. The summed E-state index contributed by atoms with van der Waals surface area (Å²) in [5.74, 6) is 2.87. The van der Waals surface area contributed by atoms with Crippen LogP contribution in [0.5, 0.6) is 0 Å². The maximum atomic E-state index is 12.5. The second kappa shape index (κ2) is 4.68. The lowest BCUT2D eigenvalue weighted by molar-refractivity contribution is -0.136. The Morgan fingerprint density at radius 1 is 1.00 bits per heavy atom. The SMILES string of the molecule is C=C1C(=C)[C@@]2(C)C(CC[C@@H]3[C@H]2CC[C@]2(C)C(=O)CC[C@@H]32)CC1=O. The van der Waals surface area contributed by atoms with E-state index in [-0.39, 0.29) is 16.6 Å². The second-order valence-corrected chi connectivity index (χ2v) is 8.94. The fourth-order valence-electron chi connectivity index (χ4n) is 6.83. The van der Waals surface area contributed by atoms with E-state index in [0.717, 1.165) is 37.7 Å². The quantitative estimate of drug-likeness (QED) is 0.617. The number of allylic oxidation sites excluding steroid dienone is 2. The molecule has 0 heterocycles. The monoisotopic (exact) mass is 312 g/mol. The van der Waals surface area contributed by atoms with Gasteiger partial charge in [0.2, 0.25) is 0 Å². The van der Waals surface area contributed by atoms with Crippen molar-refractivity contribution in [2.24, 2.45) is 34.5 Å². The van der Waals surface area contributed by atoms with Crippen LogP contribution in [0.15, 0.2) is 24.3 Å². The lowest BCUT2D eigenvalue weighted by Crippen LogP contribution is -2.54. The molecule has 0 aromatic carbocycles. The molecule has 1 unspecified atom stereocenters. The van der Waals surface area contributed by atoms with Gasteiger partial charge >= 0.3 is 0 Å². The Kier molecular flexibility index (Phi) is 3.12. The third kappa shape index (κ3) is 1.76. The second-order valence-electron chi connectivity index (χ2n) is 8.94. The smallest absolute Gasteiger partial charge is 0.162 e. The van der Waals surface area contributed by atoms with Crippen LogP contribution in [0.1, 0.15) is 58.8 Å². The third-order valence-corrected chi connectivity index (χ3v) is 8.40. The Hall–Kier alpha value is -1.18. The molecule has 0 aromatic rings. The summed E-state index contributed by atoms with van der Waals surface area (Å²) in [6.45, 7) is 12.9. The summed E-state index contributed by atoms with van der Waals surface area (Å²) >= 11 is 0. The van der Waals surface area contributed by atoms with Crippen molar-refractivity contribution in [2.75, 3.05) is 0 Å². The molecule has 4 aliphatic carbocycles.